The van der Waals surface area contributed by atoms with Crippen LogP contribution < -0.4 is 0 Å². The number of halogens is 1. The second-order valence-corrected chi connectivity index (χ2v) is 8.73. The van der Waals surface area contributed by atoms with Gasteiger partial charge in [-0.3, -0.25) is 10.1 Å². The van der Waals surface area contributed by atoms with Crippen molar-refractivity contribution < 1.29 is 22.9 Å². The Hall–Kier alpha value is -3.04. The molecule has 0 bridgehead atoms. The van der Waals surface area contributed by atoms with Crippen LogP contribution in [0.5, 0.6) is 0 Å². The summed E-state index contributed by atoms with van der Waals surface area (Å²) < 4.78 is 32.3. The molecule has 3 aromatic carbocycles. The number of nitro benzene ring substituents is 1. The van der Waals surface area contributed by atoms with E-state index in [-0.39, 0.29) is 17.1 Å². The van der Waals surface area contributed by atoms with Crippen LogP contribution in [-0.2, 0) is 21.2 Å². The van der Waals surface area contributed by atoms with Crippen LogP contribution in [0.25, 0.3) is 0 Å². The zero-order valence-corrected chi connectivity index (χ0v) is 17.2. The lowest BCUT2D eigenvalue weighted by atomic mass is 10.2. The van der Waals surface area contributed by atoms with Gasteiger partial charge in [-0.25, -0.2) is 13.2 Å². The lowest BCUT2D eigenvalue weighted by Crippen LogP contribution is -2.13. The predicted molar refractivity (Wildman–Crippen MR) is 108 cm³/mol. The largest absolute Gasteiger partial charge is 0.457 e. The number of rotatable bonds is 6. The zero-order chi connectivity index (χ0) is 21.0. The number of nitrogens with zero attached hydrogens (tertiary/aromatic N) is 1. The molecule has 0 aromatic heterocycles. The molecule has 7 nitrogen and oxygen atoms in total. The molecule has 0 spiro atoms. The maximum atomic E-state index is 13.1. The third kappa shape index (κ3) is 4.52. The molecule has 0 saturated heterocycles. The lowest BCUT2D eigenvalue weighted by Gasteiger charge is -2.11. The summed E-state index contributed by atoms with van der Waals surface area (Å²) in [5, 5.41) is 11.2. The van der Waals surface area contributed by atoms with Crippen LogP contribution in [0.2, 0.25) is 0 Å². The second-order valence-electron chi connectivity index (χ2n) is 5.93. The molecular formula is C20H14BrNO6S. The van der Waals surface area contributed by atoms with E-state index in [0.29, 0.717) is 0 Å². The van der Waals surface area contributed by atoms with E-state index >= 15 is 0 Å². The molecule has 0 aliphatic rings. The molecule has 0 aliphatic carbocycles. The molecule has 0 N–H and O–H groups in total. The Balaban J connectivity index is 1.95. The summed E-state index contributed by atoms with van der Waals surface area (Å²) in [5.41, 5.74) is -0.0334. The second kappa shape index (κ2) is 8.54. The van der Waals surface area contributed by atoms with Gasteiger partial charge in [0.15, 0.2) is 0 Å². The average molecular weight is 476 g/mol. The summed E-state index contributed by atoms with van der Waals surface area (Å²) in [5.74, 6) is -0.842. The van der Waals surface area contributed by atoms with E-state index in [1.165, 1.54) is 36.4 Å². The van der Waals surface area contributed by atoms with E-state index < -0.39 is 31.3 Å². The summed E-state index contributed by atoms with van der Waals surface area (Å²) >= 11 is 3.31. The lowest BCUT2D eigenvalue weighted by molar-refractivity contribution is -0.387. The molecule has 3 rings (SSSR count). The van der Waals surface area contributed by atoms with E-state index in [1.54, 1.807) is 24.3 Å². The van der Waals surface area contributed by atoms with Crippen LogP contribution in [-0.4, -0.2) is 19.3 Å². The Morgan fingerprint density at radius 2 is 1.52 bits per heavy atom. The van der Waals surface area contributed by atoms with Gasteiger partial charge in [0.05, 0.1) is 15.4 Å². The molecule has 0 radical (unpaired) electrons. The Kier molecular flexibility index (Phi) is 6.09. The number of benzene rings is 3. The zero-order valence-electron chi connectivity index (χ0n) is 14.8. The number of carbonyl (C=O) groups excluding carboxylic acids is 1. The molecule has 0 aliphatic heterocycles. The van der Waals surface area contributed by atoms with E-state index in [4.69, 9.17) is 4.74 Å². The van der Waals surface area contributed by atoms with Crippen molar-refractivity contribution in [1.82, 2.24) is 0 Å². The van der Waals surface area contributed by atoms with Crippen molar-refractivity contribution in [1.29, 1.82) is 0 Å². The van der Waals surface area contributed by atoms with Gasteiger partial charge >= 0.3 is 5.97 Å². The van der Waals surface area contributed by atoms with Crippen LogP contribution in [0.1, 0.15) is 15.9 Å². The number of ether oxygens (including phenoxy) is 1. The van der Waals surface area contributed by atoms with Gasteiger partial charge in [0.1, 0.15) is 11.5 Å². The van der Waals surface area contributed by atoms with E-state index in [0.717, 1.165) is 22.2 Å². The number of hydrogen-bond acceptors (Lipinski definition) is 6. The standard InChI is InChI=1S/C20H14BrNO6S/c21-15-11-9-14(10-12-15)13-28-20(23)16-5-1-3-7-18(16)29(26,27)19-8-4-2-6-17(19)22(24)25/h1-12H,13H2. The van der Waals surface area contributed by atoms with Crippen LogP contribution in [0.3, 0.4) is 0 Å². The fraction of sp³-hybridized carbons (Fsp3) is 0.0500. The van der Waals surface area contributed by atoms with E-state index in [2.05, 4.69) is 15.9 Å². The molecular weight excluding hydrogens is 462 g/mol. The molecule has 0 amide bonds. The minimum absolute atomic E-state index is 0.0496. The van der Waals surface area contributed by atoms with Gasteiger partial charge in [0, 0.05) is 10.5 Å². The quantitative estimate of drug-likeness (QED) is 0.294. The maximum absolute atomic E-state index is 13.1. The van der Waals surface area contributed by atoms with Crippen LogP contribution in [0.4, 0.5) is 5.69 Å². The highest BCUT2D eigenvalue weighted by Crippen LogP contribution is 2.31. The van der Waals surface area contributed by atoms with Gasteiger partial charge in [0.25, 0.3) is 5.69 Å². The van der Waals surface area contributed by atoms with Crippen molar-refractivity contribution in [3.63, 3.8) is 0 Å². The number of esters is 1. The topological polar surface area (TPSA) is 104 Å². The first-order valence-corrected chi connectivity index (χ1v) is 10.6. The third-order valence-electron chi connectivity index (χ3n) is 4.03. The number of sulfone groups is 1. The predicted octanol–water partition coefficient (Wildman–Crippen LogP) is 4.55. The summed E-state index contributed by atoms with van der Waals surface area (Å²) in [6, 6.07) is 17.5. The van der Waals surface area contributed by atoms with Crippen molar-refractivity contribution in [2.75, 3.05) is 0 Å². The minimum Gasteiger partial charge on any atom is -0.457 e. The van der Waals surface area contributed by atoms with Crippen molar-refractivity contribution in [2.45, 2.75) is 16.4 Å². The maximum Gasteiger partial charge on any atom is 0.339 e. The monoisotopic (exact) mass is 475 g/mol. The summed E-state index contributed by atoms with van der Waals surface area (Å²) in [4.78, 5) is 22.2. The highest BCUT2D eigenvalue weighted by Gasteiger charge is 2.30. The van der Waals surface area contributed by atoms with Crippen LogP contribution in [0.15, 0.2) is 87.1 Å². The molecule has 0 atom stereocenters. The Bertz CT molecular complexity index is 1180. The molecule has 3 aromatic rings. The fourth-order valence-electron chi connectivity index (χ4n) is 2.63. The molecule has 9 heteroatoms. The van der Waals surface area contributed by atoms with Crippen molar-refractivity contribution >= 4 is 37.4 Å². The molecule has 0 unspecified atom stereocenters. The first-order chi connectivity index (χ1) is 13.8. The summed E-state index contributed by atoms with van der Waals surface area (Å²) in [7, 11) is -4.33. The number of nitro groups is 1. The van der Waals surface area contributed by atoms with Gasteiger partial charge in [0.2, 0.25) is 9.84 Å². The summed E-state index contributed by atoms with van der Waals surface area (Å²) in [6.45, 7) is -0.0496. The van der Waals surface area contributed by atoms with Crippen molar-refractivity contribution in [3.8, 4) is 0 Å². The Morgan fingerprint density at radius 1 is 0.931 bits per heavy atom. The molecule has 29 heavy (non-hydrogen) atoms. The minimum atomic E-state index is -4.33. The van der Waals surface area contributed by atoms with Crippen LogP contribution in [0, 0.1) is 10.1 Å². The highest BCUT2D eigenvalue weighted by atomic mass is 79.9. The molecule has 0 fully saturated rings. The Labute approximate surface area is 175 Å². The average Bonchev–Trinajstić information content (AvgIpc) is 2.73. The van der Waals surface area contributed by atoms with Gasteiger partial charge in [-0.1, -0.05) is 52.3 Å². The normalized spacial score (nSPS) is 11.1. The van der Waals surface area contributed by atoms with Crippen LogP contribution >= 0.6 is 15.9 Å². The van der Waals surface area contributed by atoms with Gasteiger partial charge < -0.3 is 4.74 Å². The molecule has 0 saturated carbocycles. The number of para-hydroxylation sites is 1. The smallest absolute Gasteiger partial charge is 0.339 e. The Morgan fingerprint density at radius 3 is 2.17 bits per heavy atom. The van der Waals surface area contributed by atoms with Crippen molar-refractivity contribution in [3.05, 3.63) is 98.5 Å². The van der Waals surface area contributed by atoms with Gasteiger partial charge in [-0.2, -0.15) is 0 Å². The number of carbonyl (C=O) groups is 1. The van der Waals surface area contributed by atoms with Gasteiger partial charge in [-0.15, -0.1) is 0 Å². The molecule has 0 heterocycles. The first-order valence-electron chi connectivity index (χ1n) is 8.30. The van der Waals surface area contributed by atoms with Gasteiger partial charge in [-0.05, 0) is 35.9 Å². The first kappa shape index (κ1) is 20.7. The number of hydrogen-bond donors (Lipinski definition) is 0. The fourth-order valence-corrected chi connectivity index (χ4v) is 4.51. The summed E-state index contributed by atoms with van der Waals surface area (Å²) in [6.07, 6.45) is 0. The van der Waals surface area contributed by atoms with E-state index in [1.807, 2.05) is 0 Å². The van der Waals surface area contributed by atoms with E-state index in [9.17, 15) is 23.3 Å². The highest BCUT2D eigenvalue weighted by molar-refractivity contribution is 9.10. The third-order valence-corrected chi connectivity index (χ3v) is 6.42. The SMILES string of the molecule is O=C(OCc1ccc(Br)cc1)c1ccccc1S(=O)(=O)c1ccccc1[N+](=O)[O-]. The van der Waals surface area contributed by atoms with Crippen molar-refractivity contribution in [2.24, 2.45) is 0 Å². The molecule has 148 valence electrons.